The third-order valence-electron chi connectivity index (χ3n) is 4.85. The Labute approximate surface area is 149 Å². The van der Waals surface area contributed by atoms with Crippen LogP contribution < -0.4 is 10.2 Å². The largest absolute Gasteiger partial charge is 0.372 e. The third kappa shape index (κ3) is 3.95. The van der Waals surface area contributed by atoms with Crippen LogP contribution in [0.1, 0.15) is 24.7 Å². The summed E-state index contributed by atoms with van der Waals surface area (Å²) in [6.07, 6.45) is 4.67. The number of aryl methyl sites for hydroxylation is 2. The number of anilines is 1. The van der Waals surface area contributed by atoms with E-state index in [9.17, 15) is 4.79 Å². The van der Waals surface area contributed by atoms with Crippen LogP contribution in [0.25, 0.3) is 0 Å². The van der Waals surface area contributed by atoms with Gasteiger partial charge in [0.05, 0.1) is 0 Å². The van der Waals surface area contributed by atoms with Gasteiger partial charge in [0.25, 0.3) is 0 Å². The zero-order chi connectivity index (χ0) is 17.8. The van der Waals surface area contributed by atoms with Gasteiger partial charge in [-0.25, -0.2) is 9.78 Å². The van der Waals surface area contributed by atoms with Gasteiger partial charge in [-0.3, -0.25) is 0 Å². The Morgan fingerprint density at radius 2 is 2.16 bits per heavy atom. The molecule has 6 heteroatoms. The van der Waals surface area contributed by atoms with Gasteiger partial charge in [0, 0.05) is 57.3 Å². The van der Waals surface area contributed by atoms with Crippen molar-refractivity contribution in [3.05, 3.63) is 48.0 Å². The Kier molecular flexibility index (Phi) is 5.26. The highest BCUT2D eigenvalue weighted by Crippen LogP contribution is 2.25. The molecule has 25 heavy (non-hydrogen) atoms. The minimum atomic E-state index is 0.0138. The maximum absolute atomic E-state index is 12.7. The molecule has 1 atom stereocenters. The van der Waals surface area contributed by atoms with Gasteiger partial charge in [-0.1, -0.05) is 18.2 Å². The van der Waals surface area contributed by atoms with Crippen LogP contribution in [-0.4, -0.2) is 46.7 Å². The number of nitrogens with zero attached hydrogens (tertiary/aromatic N) is 4. The van der Waals surface area contributed by atoms with Crippen LogP contribution in [0, 0.1) is 6.92 Å². The highest BCUT2D eigenvalue weighted by molar-refractivity contribution is 5.75. The van der Waals surface area contributed by atoms with Crippen molar-refractivity contribution in [2.24, 2.45) is 0 Å². The van der Waals surface area contributed by atoms with E-state index < -0.39 is 0 Å². The fourth-order valence-corrected chi connectivity index (χ4v) is 3.41. The molecule has 2 aromatic rings. The third-order valence-corrected chi connectivity index (χ3v) is 4.85. The smallest absolute Gasteiger partial charge is 0.318 e. The van der Waals surface area contributed by atoms with E-state index >= 15 is 0 Å². The summed E-state index contributed by atoms with van der Waals surface area (Å²) in [6, 6.07) is 8.48. The lowest BCUT2D eigenvalue weighted by molar-refractivity contribution is 0.178. The maximum atomic E-state index is 12.7. The first-order valence-electron chi connectivity index (χ1n) is 8.87. The van der Waals surface area contributed by atoms with E-state index in [-0.39, 0.29) is 12.1 Å². The van der Waals surface area contributed by atoms with Crippen LogP contribution in [-0.2, 0) is 13.1 Å². The molecule has 0 aliphatic carbocycles. The Hall–Kier alpha value is -2.50. The summed E-state index contributed by atoms with van der Waals surface area (Å²) in [5, 5.41) is 3.07. The van der Waals surface area contributed by atoms with Gasteiger partial charge in [0.1, 0.15) is 5.82 Å². The zero-order valence-electron chi connectivity index (χ0n) is 15.3. The molecular formula is C19H27N5O. The predicted molar refractivity (Wildman–Crippen MR) is 99.7 cm³/mol. The summed E-state index contributed by atoms with van der Waals surface area (Å²) in [7, 11) is 2.09. The first kappa shape index (κ1) is 17.3. The molecule has 1 aromatic carbocycles. The summed E-state index contributed by atoms with van der Waals surface area (Å²) < 4.78 is 2.10. The molecule has 1 aliphatic heterocycles. The van der Waals surface area contributed by atoms with Crippen LogP contribution in [0.4, 0.5) is 10.5 Å². The normalized spacial score (nSPS) is 17.2. The minimum Gasteiger partial charge on any atom is -0.372 e. The van der Waals surface area contributed by atoms with E-state index in [1.54, 1.807) is 6.20 Å². The standard InChI is InChI=1S/C19H27N5O/c1-15-13-22(3)18-8-5-4-7-17(18)14-24(15)19(25)21-9-6-11-23-12-10-20-16(23)2/h4-5,7-8,10,12,15H,6,9,11,13-14H2,1-3H3,(H,21,25)/t15-/m1/s1. The molecule has 0 saturated heterocycles. The number of nitrogens with one attached hydrogen (secondary N) is 1. The topological polar surface area (TPSA) is 53.4 Å². The van der Waals surface area contributed by atoms with Crippen molar-refractivity contribution in [3.63, 3.8) is 0 Å². The van der Waals surface area contributed by atoms with Gasteiger partial charge in [-0.2, -0.15) is 0 Å². The van der Waals surface area contributed by atoms with Gasteiger partial charge in [0.15, 0.2) is 0 Å². The SMILES string of the molecule is Cc1nccn1CCCNC(=O)N1Cc2ccccc2N(C)C[C@H]1C. The van der Waals surface area contributed by atoms with Crippen LogP contribution in [0.2, 0.25) is 0 Å². The fraction of sp³-hybridized carbons (Fsp3) is 0.474. The molecule has 1 N–H and O–H groups in total. The number of fused-ring (bicyclic) bond motifs is 1. The second-order valence-corrected chi connectivity index (χ2v) is 6.74. The number of hydrogen-bond donors (Lipinski definition) is 1. The molecule has 0 spiro atoms. The highest BCUT2D eigenvalue weighted by Gasteiger charge is 2.26. The number of aromatic nitrogens is 2. The maximum Gasteiger partial charge on any atom is 0.318 e. The van der Waals surface area contributed by atoms with Gasteiger partial charge >= 0.3 is 6.03 Å². The zero-order valence-corrected chi connectivity index (χ0v) is 15.3. The van der Waals surface area contributed by atoms with E-state index in [4.69, 9.17) is 0 Å². The monoisotopic (exact) mass is 341 g/mol. The Balaban J connectivity index is 1.57. The van der Waals surface area contributed by atoms with Gasteiger partial charge in [0.2, 0.25) is 0 Å². The van der Waals surface area contributed by atoms with Crippen LogP contribution in [0.3, 0.4) is 0 Å². The number of para-hydroxylation sites is 1. The molecule has 134 valence electrons. The molecule has 3 rings (SSSR count). The van der Waals surface area contributed by atoms with Crippen molar-refractivity contribution in [1.82, 2.24) is 19.8 Å². The van der Waals surface area contributed by atoms with Crippen LogP contribution in [0.5, 0.6) is 0 Å². The number of rotatable bonds is 4. The molecule has 1 aromatic heterocycles. The number of imidazole rings is 1. The van der Waals surface area contributed by atoms with Crippen molar-refractivity contribution in [3.8, 4) is 0 Å². The molecule has 1 aliphatic rings. The molecule has 0 radical (unpaired) electrons. The lowest BCUT2D eigenvalue weighted by Crippen LogP contribution is -2.47. The molecular weight excluding hydrogens is 314 g/mol. The summed E-state index contributed by atoms with van der Waals surface area (Å²) >= 11 is 0. The van der Waals surface area contributed by atoms with Crippen molar-refractivity contribution in [2.75, 3.05) is 25.0 Å². The summed E-state index contributed by atoms with van der Waals surface area (Å²) in [6.45, 7) is 7.11. The van der Waals surface area contributed by atoms with Crippen molar-refractivity contribution >= 4 is 11.7 Å². The number of carbonyl (C=O) groups is 1. The van der Waals surface area contributed by atoms with Crippen molar-refractivity contribution in [2.45, 2.75) is 39.4 Å². The quantitative estimate of drug-likeness (QED) is 0.870. The summed E-state index contributed by atoms with van der Waals surface area (Å²) in [4.78, 5) is 21.1. The first-order chi connectivity index (χ1) is 12.1. The molecule has 0 unspecified atom stereocenters. The number of amides is 2. The number of benzene rings is 1. The highest BCUT2D eigenvalue weighted by atomic mass is 16.2. The van der Waals surface area contributed by atoms with Gasteiger partial charge in [-0.15, -0.1) is 0 Å². The number of carbonyl (C=O) groups excluding carboxylic acids is 1. The van der Waals surface area contributed by atoms with Crippen molar-refractivity contribution < 1.29 is 4.79 Å². The minimum absolute atomic E-state index is 0.0138. The van der Waals surface area contributed by atoms with Gasteiger partial charge < -0.3 is 19.7 Å². The second kappa shape index (κ2) is 7.59. The molecule has 0 fully saturated rings. The average molecular weight is 341 g/mol. The summed E-state index contributed by atoms with van der Waals surface area (Å²) in [5.74, 6) is 1.01. The molecule has 2 amide bonds. The summed E-state index contributed by atoms with van der Waals surface area (Å²) in [5.41, 5.74) is 2.40. The lowest BCUT2D eigenvalue weighted by Gasteiger charge is -2.28. The lowest BCUT2D eigenvalue weighted by atomic mass is 10.1. The van der Waals surface area contributed by atoms with Crippen LogP contribution >= 0.6 is 0 Å². The van der Waals surface area contributed by atoms with Gasteiger partial charge in [-0.05, 0) is 31.9 Å². The first-order valence-corrected chi connectivity index (χ1v) is 8.87. The molecule has 2 heterocycles. The van der Waals surface area contributed by atoms with E-state index in [2.05, 4.69) is 45.9 Å². The Bertz CT molecular complexity index is 726. The number of hydrogen-bond acceptors (Lipinski definition) is 3. The van der Waals surface area contributed by atoms with E-state index in [1.807, 2.05) is 30.2 Å². The van der Waals surface area contributed by atoms with E-state index in [1.165, 1.54) is 11.3 Å². The molecule has 0 bridgehead atoms. The van der Waals surface area contributed by atoms with E-state index in [0.717, 1.165) is 25.3 Å². The van der Waals surface area contributed by atoms with E-state index in [0.29, 0.717) is 13.1 Å². The second-order valence-electron chi connectivity index (χ2n) is 6.74. The number of likely N-dealkylation sites (N-methyl/N-ethyl adjacent to an activating group) is 1. The van der Waals surface area contributed by atoms with Crippen molar-refractivity contribution in [1.29, 1.82) is 0 Å². The predicted octanol–water partition coefficient (Wildman–Crippen LogP) is 2.63. The Morgan fingerprint density at radius 3 is 2.92 bits per heavy atom. The fourth-order valence-electron chi connectivity index (χ4n) is 3.41. The Morgan fingerprint density at radius 1 is 1.36 bits per heavy atom. The average Bonchev–Trinajstić information content (AvgIpc) is 2.95. The van der Waals surface area contributed by atoms with Crippen LogP contribution in [0.15, 0.2) is 36.7 Å². The number of urea groups is 1. The molecule has 6 nitrogen and oxygen atoms in total. The molecule has 0 saturated carbocycles.